The van der Waals surface area contributed by atoms with E-state index >= 15 is 0 Å². The van der Waals surface area contributed by atoms with Gasteiger partial charge in [-0.2, -0.15) is 0 Å². The number of hydrogen-bond donors (Lipinski definition) is 1. The SMILES string of the molecule is C[C@]12C[C@@]3(C)O[C@](C)(C[C@@](C)(O1)P3c1ccccc1)O2.Nc1ccccc1-c1[c-]cccc1.[Cl][Pd+]. The zero-order valence-electron chi connectivity index (χ0n) is 20.4. The van der Waals surface area contributed by atoms with Crippen molar-refractivity contribution in [2.45, 2.75) is 62.8 Å². The van der Waals surface area contributed by atoms with Gasteiger partial charge in [-0.05, 0) is 52.7 Å². The minimum atomic E-state index is -0.553. The first-order chi connectivity index (χ1) is 16.6. The molecule has 3 aromatic carbocycles. The molecule has 2 N–H and O–H groups in total. The number of halogens is 1. The van der Waals surface area contributed by atoms with Gasteiger partial charge in [0.15, 0.2) is 11.6 Å². The first-order valence-corrected chi connectivity index (χ1v) is 14.9. The Balaban J connectivity index is 0.000000167. The van der Waals surface area contributed by atoms with Gasteiger partial charge in [-0.1, -0.05) is 54.1 Å². The Morgan fingerprint density at radius 3 is 1.86 bits per heavy atom. The van der Waals surface area contributed by atoms with E-state index < -0.39 is 19.5 Å². The van der Waals surface area contributed by atoms with Crippen molar-refractivity contribution in [1.29, 1.82) is 0 Å². The Kier molecular flexibility index (Phi) is 7.83. The van der Waals surface area contributed by atoms with Gasteiger partial charge in [0.25, 0.3) is 0 Å². The summed E-state index contributed by atoms with van der Waals surface area (Å²) in [6, 6.07) is 29.5. The average Bonchev–Trinajstić information content (AvgIpc) is 2.79. The molecule has 188 valence electrons. The summed E-state index contributed by atoms with van der Waals surface area (Å²) >= 11 is 2.22. The summed E-state index contributed by atoms with van der Waals surface area (Å²) in [4.78, 5) is 0. The van der Waals surface area contributed by atoms with Crippen molar-refractivity contribution in [2.24, 2.45) is 0 Å². The minimum absolute atomic E-state index is 0.177. The summed E-state index contributed by atoms with van der Waals surface area (Å²) in [7, 11) is 3.94. The summed E-state index contributed by atoms with van der Waals surface area (Å²) in [5.41, 5.74) is 8.72. The molecular formula is C28H31ClNO3PPd. The summed E-state index contributed by atoms with van der Waals surface area (Å²) in [5, 5.41) is 1.01. The Bertz CT molecular complexity index is 1110. The van der Waals surface area contributed by atoms with Crippen molar-refractivity contribution in [3.8, 4) is 11.1 Å². The van der Waals surface area contributed by atoms with Crippen LogP contribution in [0.15, 0.2) is 78.9 Å². The fourth-order valence-electron chi connectivity index (χ4n) is 6.01. The maximum atomic E-state index is 6.42. The molecule has 4 aliphatic rings. The van der Waals surface area contributed by atoms with Gasteiger partial charge in [-0.3, -0.25) is 0 Å². The Morgan fingerprint density at radius 1 is 0.771 bits per heavy atom. The Labute approximate surface area is 224 Å². The molecule has 0 unspecified atom stereocenters. The molecule has 0 amide bonds. The van der Waals surface area contributed by atoms with Crippen LogP contribution in [0.3, 0.4) is 0 Å². The molecule has 3 aromatic rings. The van der Waals surface area contributed by atoms with Gasteiger partial charge in [0.2, 0.25) is 0 Å². The van der Waals surface area contributed by atoms with E-state index in [1.807, 2.05) is 48.5 Å². The molecule has 4 nitrogen and oxygen atoms in total. The van der Waals surface area contributed by atoms with E-state index in [4.69, 9.17) is 19.9 Å². The van der Waals surface area contributed by atoms with E-state index in [2.05, 4.69) is 91.8 Å². The van der Waals surface area contributed by atoms with Gasteiger partial charge in [0.1, 0.15) is 0 Å². The van der Waals surface area contributed by atoms with Gasteiger partial charge >= 0.3 is 27.7 Å². The van der Waals surface area contributed by atoms with Gasteiger partial charge in [0.05, 0.1) is 10.7 Å². The van der Waals surface area contributed by atoms with Crippen molar-refractivity contribution in [3.63, 3.8) is 0 Å². The number of ether oxygens (including phenoxy) is 3. The molecular weight excluding hydrogens is 571 g/mol. The van der Waals surface area contributed by atoms with Crippen LogP contribution in [0.4, 0.5) is 5.69 Å². The molecule has 0 aromatic heterocycles. The van der Waals surface area contributed by atoms with E-state index in [9.17, 15) is 0 Å². The monoisotopic (exact) mass is 601 g/mol. The molecule has 4 atom stereocenters. The van der Waals surface area contributed by atoms with Crippen molar-refractivity contribution < 1.29 is 32.4 Å². The van der Waals surface area contributed by atoms with Crippen LogP contribution in [0.1, 0.15) is 40.5 Å². The fraction of sp³-hybridized carbons (Fsp3) is 0.357. The van der Waals surface area contributed by atoms with Gasteiger partial charge in [-0.25, -0.2) is 0 Å². The van der Waals surface area contributed by atoms with Gasteiger partial charge < -0.3 is 19.9 Å². The number of hydrogen-bond acceptors (Lipinski definition) is 4. The van der Waals surface area contributed by atoms with E-state index in [1.165, 1.54) is 5.30 Å². The van der Waals surface area contributed by atoms with Crippen molar-refractivity contribution >= 4 is 28.4 Å². The van der Waals surface area contributed by atoms with E-state index in [-0.39, 0.29) is 10.7 Å². The fourth-order valence-corrected chi connectivity index (χ4v) is 10.0. The van der Waals surface area contributed by atoms with Crippen LogP contribution in [-0.4, -0.2) is 22.3 Å². The normalized spacial score (nSPS) is 34.3. The molecule has 7 rings (SSSR count). The first kappa shape index (κ1) is 26.8. The van der Waals surface area contributed by atoms with Gasteiger partial charge in [-0.15, -0.1) is 35.9 Å². The number of nitrogens with two attached hydrogens (primary N) is 1. The quantitative estimate of drug-likeness (QED) is 0.149. The second kappa shape index (κ2) is 10.2. The molecule has 4 fully saturated rings. The molecule has 0 aliphatic carbocycles. The summed E-state index contributed by atoms with van der Waals surface area (Å²) in [6.45, 7) is 8.59. The van der Waals surface area contributed by atoms with E-state index in [0.717, 1.165) is 29.7 Å². The predicted octanol–water partition coefficient (Wildman–Crippen LogP) is 6.95. The standard InChI is InChI=1S/C16H21O3P.C12H10N.ClH.Pd/c1-13-10-15(3)19-14(2,17-13)11-16(4,18-13)20(15)12-8-6-5-7-9-12;13-12-9-5-4-8-11(12)10-6-2-1-3-7-10;;/h5-9H,10-11H2,1-4H3;1-6,8-9H,13H2;1H;/q;-1;;+2/p-1/t13-,14-,15+,16+;;;/m1.../s1. The van der Waals surface area contributed by atoms with Gasteiger partial charge in [0, 0.05) is 12.8 Å². The Morgan fingerprint density at radius 2 is 1.31 bits per heavy atom. The second-order valence-electron chi connectivity index (χ2n) is 9.81. The van der Waals surface area contributed by atoms with Crippen LogP contribution in [-0.2, 0) is 32.4 Å². The molecule has 35 heavy (non-hydrogen) atoms. The molecule has 4 saturated heterocycles. The molecule has 0 spiro atoms. The summed E-state index contributed by atoms with van der Waals surface area (Å²) in [5.74, 6) is -1.02. The third-order valence-electron chi connectivity index (χ3n) is 6.52. The van der Waals surface area contributed by atoms with Crippen molar-refractivity contribution in [1.82, 2.24) is 0 Å². The maximum absolute atomic E-state index is 6.42. The number of nitrogen functional groups attached to an aromatic ring is 1. The first-order valence-electron chi connectivity index (χ1n) is 11.5. The van der Waals surface area contributed by atoms with Crippen LogP contribution in [0.5, 0.6) is 0 Å². The van der Waals surface area contributed by atoms with Crippen LogP contribution >= 0.6 is 17.5 Å². The zero-order valence-corrected chi connectivity index (χ0v) is 23.6. The van der Waals surface area contributed by atoms with Crippen LogP contribution < -0.4 is 11.0 Å². The van der Waals surface area contributed by atoms with Crippen molar-refractivity contribution in [2.75, 3.05) is 5.73 Å². The number of anilines is 1. The number of rotatable bonds is 2. The number of benzene rings is 3. The zero-order chi connectivity index (χ0) is 25.3. The molecule has 7 heteroatoms. The molecule has 4 aliphatic heterocycles. The van der Waals surface area contributed by atoms with E-state index in [1.54, 1.807) is 0 Å². The third kappa shape index (κ3) is 5.39. The summed E-state index contributed by atoms with van der Waals surface area (Å²) in [6.07, 6.45) is 1.59. The molecule has 0 radical (unpaired) electrons. The molecule has 4 heterocycles. The second-order valence-corrected chi connectivity index (χ2v) is 12.9. The van der Waals surface area contributed by atoms with Crippen LogP contribution in [0, 0.1) is 6.07 Å². The predicted molar refractivity (Wildman–Crippen MR) is 140 cm³/mol. The average molecular weight is 602 g/mol. The van der Waals surface area contributed by atoms with Crippen molar-refractivity contribution in [3.05, 3.63) is 84.9 Å². The molecule has 0 saturated carbocycles. The molecule has 4 bridgehead atoms. The third-order valence-corrected chi connectivity index (χ3v) is 9.73. The summed E-state index contributed by atoms with van der Waals surface area (Å²) < 4.78 is 18.9. The van der Waals surface area contributed by atoms with E-state index in [0.29, 0.717) is 0 Å². The number of para-hydroxylation sites is 1. The van der Waals surface area contributed by atoms with Crippen LogP contribution in [0.2, 0.25) is 0 Å². The topological polar surface area (TPSA) is 53.7 Å². The van der Waals surface area contributed by atoms with Crippen LogP contribution in [0.25, 0.3) is 11.1 Å². The Hall–Kier alpha value is -1.28.